The minimum absolute atomic E-state index is 0.239. The molecular weight excluding hydrogens is 256 g/mol. The number of thiocarbonyl (C=S) groups is 1. The summed E-state index contributed by atoms with van der Waals surface area (Å²) in [5.74, 6) is 0. The van der Waals surface area contributed by atoms with Gasteiger partial charge < -0.3 is 15.0 Å². The van der Waals surface area contributed by atoms with Crippen LogP contribution in [-0.2, 0) is 11.3 Å². The summed E-state index contributed by atoms with van der Waals surface area (Å²) in [6, 6.07) is 8.52. The molecule has 4 heteroatoms. The summed E-state index contributed by atoms with van der Waals surface area (Å²) in [6.07, 6.45) is 0.478. The van der Waals surface area contributed by atoms with Gasteiger partial charge in [-0.05, 0) is 38.6 Å². The summed E-state index contributed by atoms with van der Waals surface area (Å²) in [4.78, 5) is 2.20. The Kier molecular flexibility index (Phi) is 4.77. The van der Waals surface area contributed by atoms with Gasteiger partial charge in [-0.2, -0.15) is 0 Å². The van der Waals surface area contributed by atoms with Crippen LogP contribution in [0, 0.1) is 6.92 Å². The van der Waals surface area contributed by atoms with E-state index in [-0.39, 0.29) is 12.2 Å². The van der Waals surface area contributed by atoms with Crippen molar-refractivity contribution in [2.24, 2.45) is 0 Å². The summed E-state index contributed by atoms with van der Waals surface area (Å²) < 4.78 is 5.71. The van der Waals surface area contributed by atoms with E-state index >= 15 is 0 Å². The summed E-state index contributed by atoms with van der Waals surface area (Å²) in [5, 5.41) is 4.15. The third-order valence-electron chi connectivity index (χ3n) is 3.27. The second-order valence-corrected chi connectivity index (χ2v) is 5.69. The zero-order valence-corrected chi connectivity index (χ0v) is 12.7. The van der Waals surface area contributed by atoms with E-state index in [1.54, 1.807) is 0 Å². The summed E-state index contributed by atoms with van der Waals surface area (Å²) in [6.45, 7) is 8.78. The van der Waals surface area contributed by atoms with Crippen LogP contribution >= 0.6 is 12.2 Å². The zero-order valence-electron chi connectivity index (χ0n) is 11.8. The lowest BCUT2D eigenvalue weighted by Gasteiger charge is -2.36. The van der Waals surface area contributed by atoms with Gasteiger partial charge in [0.2, 0.25) is 0 Å². The molecular formula is C15H22N2OS. The van der Waals surface area contributed by atoms with E-state index in [2.05, 4.69) is 55.3 Å². The molecule has 1 N–H and O–H groups in total. The van der Waals surface area contributed by atoms with E-state index in [0.717, 1.165) is 24.7 Å². The summed E-state index contributed by atoms with van der Waals surface area (Å²) >= 11 is 5.46. The normalized spacial score (nSPS) is 23.2. The SMILES string of the molecule is Cc1ccc(CNC(=S)N2CC(C)OC(C)C2)cc1. The first-order valence-corrected chi connectivity index (χ1v) is 7.19. The predicted octanol–water partition coefficient (Wildman–Crippen LogP) is 2.48. The molecule has 0 bridgehead atoms. The Bertz CT molecular complexity index is 422. The number of morpholine rings is 1. The average Bonchev–Trinajstić information content (AvgIpc) is 2.36. The van der Waals surface area contributed by atoms with Crippen LogP contribution in [0.3, 0.4) is 0 Å². The van der Waals surface area contributed by atoms with Gasteiger partial charge in [-0.1, -0.05) is 29.8 Å². The number of ether oxygens (including phenoxy) is 1. The number of nitrogens with zero attached hydrogens (tertiary/aromatic N) is 1. The first kappa shape index (κ1) is 14.3. The Morgan fingerprint density at radius 1 is 1.26 bits per heavy atom. The Labute approximate surface area is 120 Å². The van der Waals surface area contributed by atoms with Crippen LogP contribution in [0.25, 0.3) is 0 Å². The van der Waals surface area contributed by atoms with Crippen LogP contribution in [0.4, 0.5) is 0 Å². The number of rotatable bonds is 2. The number of hydrogen-bond donors (Lipinski definition) is 1. The van der Waals surface area contributed by atoms with E-state index < -0.39 is 0 Å². The number of nitrogens with one attached hydrogen (secondary N) is 1. The van der Waals surface area contributed by atoms with Gasteiger partial charge in [0.1, 0.15) is 0 Å². The smallest absolute Gasteiger partial charge is 0.169 e. The van der Waals surface area contributed by atoms with Crippen molar-refractivity contribution in [3.8, 4) is 0 Å². The molecule has 1 fully saturated rings. The van der Waals surface area contributed by atoms with Crippen molar-refractivity contribution in [1.82, 2.24) is 10.2 Å². The van der Waals surface area contributed by atoms with Crippen molar-refractivity contribution in [2.75, 3.05) is 13.1 Å². The van der Waals surface area contributed by atoms with Gasteiger partial charge in [-0.3, -0.25) is 0 Å². The van der Waals surface area contributed by atoms with E-state index in [9.17, 15) is 0 Å². The van der Waals surface area contributed by atoms with Crippen molar-refractivity contribution in [3.63, 3.8) is 0 Å². The van der Waals surface area contributed by atoms with Crippen LogP contribution < -0.4 is 5.32 Å². The molecule has 1 saturated heterocycles. The summed E-state index contributed by atoms with van der Waals surface area (Å²) in [5.41, 5.74) is 2.53. The molecule has 3 nitrogen and oxygen atoms in total. The Balaban J connectivity index is 1.85. The molecule has 2 rings (SSSR count). The predicted molar refractivity (Wildman–Crippen MR) is 82.2 cm³/mol. The van der Waals surface area contributed by atoms with Gasteiger partial charge in [0.05, 0.1) is 12.2 Å². The molecule has 1 aliphatic heterocycles. The fourth-order valence-electron chi connectivity index (χ4n) is 2.34. The zero-order chi connectivity index (χ0) is 13.8. The standard InChI is InChI=1S/C15H22N2OS/c1-11-4-6-14(7-5-11)8-16-15(19)17-9-12(2)18-13(3)10-17/h4-7,12-13H,8-10H2,1-3H3,(H,16,19). The summed E-state index contributed by atoms with van der Waals surface area (Å²) in [7, 11) is 0. The fourth-order valence-corrected chi connectivity index (χ4v) is 2.56. The van der Waals surface area contributed by atoms with Crippen molar-refractivity contribution in [1.29, 1.82) is 0 Å². The first-order chi connectivity index (χ1) is 9.04. The molecule has 0 aromatic heterocycles. The largest absolute Gasteiger partial charge is 0.372 e. The molecule has 0 aliphatic carbocycles. The Hall–Kier alpha value is -1.13. The third kappa shape index (κ3) is 4.18. The maximum Gasteiger partial charge on any atom is 0.169 e. The highest BCUT2D eigenvalue weighted by atomic mass is 32.1. The van der Waals surface area contributed by atoms with Crippen molar-refractivity contribution < 1.29 is 4.74 Å². The molecule has 0 radical (unpaired) electrons. The lowest BCUT2D eigenvalue weighted by Crippen LogP contribution is -2.51. The Morgan fingerprint density at radius 2 is 1.84 bits per heavy atom. The number of aryl methyl sites for hydroxylation is 1. The van der Waals surface area contributed by atoms with Crippen molar-refractivity contribution in [2.45, 2.75) is 39.5 Å². The van der Waals surface area contributed by atoms with E-state index in [1.807, 2.05) is 0 Å². The second-order valence-electron chi connectivity index (χ2n) is 5.31. The quantitative estimate of drug-likeness (QED) is 0.840. The molecule has 2 atom stereocenters. The van der Waals surface area contributed by atoms with Gasteiger partial charge in [-0.15, -0.1) is 0 Å². The van der Waals surface area contributed by atoms with Gasteiger partial charge >= 0.3 is 0 Å². The first-order valence-electron chi connectivity index (χ1n) is 6.78. The molecule has 2 unspecified atom stereocenters. The maximum atomic E-state index is 5.71. The van der Waals surface area contributed by atoms with Crippen LogP contribution in [-0.4, -0.2) is 35.3 Å². The molecule has 1 aromatic rings. The Morgan fingerprint density at radius 3 is 2.42 bits per heavy atom. The van der Waals surface area contributed by atoms with Gasteiger partial charge in [-0.25, -0.2) is 0 Å². The van der Waals surface area contributed by atoms with Crippen molar-refractivity contribution >= 4 is 17.3 Å². The topological polar surface area (TPSA) is 24.5 Å². The molecule has 1 aromatic carbocycles. The van der Waals surface area contributed by atoms with E-state index in [1.165, 1.54) is 11.1 Å². The highest BCUT2D eigenvalue weighted by molar-refractivity contribution is 7.80. The second kappa shape index (κ2) is 6.35. The third-order valence-corrected chi connectivity index (χ3v) is 3.67. The van der Waals surface area contributed by atoms with E-state index in [4.69, 9.17) is 17.0 Å². The maximum absolute atomic E-state index is 5.71. The molecule has 1 aliphatic rings. The molecule has 0 spiro atoms. The number of hydrogen-bond acceptors (Lipinski definition) is 2. The van der Waals surface area contributed by atoms with Crippen LogP contribution in [0.15, 0.2) is 24.3 Å². The van der Waals surface area contributed by atoms with Crippen LogP contribution in [0.5, 0.6) is 0 Å². The van der Waals surface area contributed by atoms with Crippen molar-refractivity contribution in [3.05, 3.63) is 35.4 Å². The molecule has 0 saturated carbocycles. The van der Waals surface area contributed by atoms with Gasteiger partial charge in [0.15, 0.2) is 5.11 Å². The minimum atomic E-state index is 0.239. The average molecular weight is 278 g/mol. The molecule has 0 amide bonds. The number of benzene rings is 1. The highest BCUT2D eigenvalue weighted by Crippen LogP contribution is 2.11. The minimum Gasteiger partial charge on any atom is -0.372 e. The molecule has 1 heterocycles. The van der Waals surface area contributed by atoms with Crippen LogP contribution in [0.2, 0.25) is 0 Å². The van der Waals surface area contributed by atoms with Gasteiger partial charge in [0.25, 0.3) is 0 Å². The lowest BCUT2D eigenvalue weighted by molar-refractivity contribution is -0.0482. The molecule has 104 valence electrons. The van der Waals surface area contributed by atoms with Gasteiger partial charge in [0, 0.05) is 19.6 Å². The molecule has 19 heavy (non-hydrogen) atoms. The fraction of sp³-hybridized carbons (Fsp3) is 0.533. The lowest BCUT2D eigenvalue weighted by atomic mass is 10.1. The van der Waals surface area contributed by atoms with E-state index in [0.29, 0.717) is 0 Å². The van der Waals surface area contributed by atoms with Crippen LogP contribution in [0.1, 0.15) is 25.0 Å². The highest BCUT2D eigenvalue weighted by Gasteiger charge is 2.23. The monoisotopic (exact) mass is 278 g/mol.